The fraction of sp³-hybridized carbons (Fsp3) is 0.360. The van der Waals surface area contributed by atoms with Gasteiger partial charge in [-0.3, -0.25) is 14.8 Å². The predicted octanol–water partition coefficient (Wildman–Crippen LogP) is 4.73. The Morgan fingerprint density at radius 2 is 1.86 bits per heavy atom. The number of carbonyl (C=O) groups is 1. The topological polar surface area (TPSA) is 91.2 Å². The largest absolute Gasteiger partial charge is 0.416 e. The molecule has 1 amide bonds. The van der Waals surface area contributed by atoms with Crippen LogP contribution in [0.5, 0.6) is 0 Å². The highest BCUT2D eigenvalue weighted by molar-refractivity contribution is 6.33. The van der Waals surface area contributed by atoms with Crippen LogP contribution in [0, 0.1) is 0 Å². The summed E-state index contributed by atoms with van der Waals surface area (Å²) in [6.45, 7) is 2.95. The standard InChI is InChI=1S/C25H25ClF3N5O2/c1-2-20(35)24(36)32-17-8-11-34(12-9-17)21-14-31-22(15-3-5-16(6-4-15)25(27,28)29)23(33-21)18-7-10-30-13-19(18)26/h3-7,10,13-14,17,20,35H,2,8-9,11-12H2,1H3,(H,32,36)/t20-/m0/s1. The fourth-order valence-electron chi connectivity index (χ4n) is 4.05. The highest BCUT2D eigenvalue weighted by atomic mass is 35.5. The van der Waals surface area contributed by atoms with Crippen molar-refractivity contribution in [3.8, 4) is 22.5 Å². The number of nitrogens with zero attached hydrogens (tertiary/aromatic N) is 4. The Hall–Kier alpha value is -3.24. The van der Waals surface area contributed by atoms with Crippen LogP contribution < -0.4 is 10.2 Å². The number of alkyl halides is 3. The van der Waals surface area contributed by atoms with E-state index >= 15 is 0 Å². The zero-order valence-corrected chi connectivity index (χ0v) is 20.2. The first-order chi connectivity index (χ1) is 17.2. The first-order valence-electron chi connectivity index (χ1n) is 11.5. The average Bonchev–Trinajstić information content (AvgIpc) is 2.88. The van der Waals surface area contributed by atoms with E-state index in [0.29, 0.717) is 65.7 Å². The minimum atomic E-state index is -4.44. The number of piperidine rings is 1. The maximum Gasteiger partial charge on any atom is 0.416 e. The molecule has 2 N–H and O–H groups in total. The van der Waals surface area contributed by atoms with E-state index in [1.807, 2.05) is 4.90 Å². The summed E-state index contributed by atoms with van der Waals surface area (Å²) in [6.07, 6.45) is 0.847. The van der Waals surface area contributed by atoms with Crippen LogP contribution in [0.3, 0.4) is 0 Å². The lowest BCUT2D eigenvalue weighted by Gasteiger charge is -2.33. The molecule has 0 aliphatic carbocycles. The average molecular weight is 520 g/mol. The Balaban J connectivity index is 1.61. The van der Waals surface area contributed by atoms with E-state index in [-0.39, 0.29) is 11.9 Å². The highest BCUT2D eigenvalue weighted by Gasteiger charge is 2.30. The third kappa shape index (κ3) is 5.76. The van der Waals surface area contributed by atoms with E-state index in [2.05, 4.69) is 15.3 Å². The monoisotopic (exact) mass is 519 g/mol. The number of aliphatic hydroxyl groups excluding tert-OH is 1. The van der Waals surface area contributed by atoms with Gasteiger partial charge < -0.3 is 15.3 Å². The summed E-state index contributed by atoms with van der Waals surface area (Å²) in [5, 5.41) is 12.9. The second-order valence-corrected chi connectivity index (χ2v) is 8.96. The zero-order valence-electron chi connectivity index (χ0n) is 19.5. The molecule has 1 aliphatic rings. The molecule has 11 heteroatoms. The first kappa shape index (κ1) is 25.8. The van der Waals surface area contributed by atoms with Crippen LogP contribution >= 0.6 is 11.6 Å². The summed E-state index contributed by atoms with van der Waals surface area (Å²) in [7, 11) is 0. The third-order valence-electron chi connectivity index (χ3n) is 6.13. The molecule has 3 heterocycles. The summed E-state index contributed by atoms with van der Waals surface area (Å²) >= 11 is 6.39. The quantitative estimate of drug-likeness (QED) is 0.489. The predicted molar refractivity (Wildman–Crippen MR) is 130 cm³/mol. The molecule has 1 aliphatic heterocycles. The molecule has 1 saturated heterocycles. The van der Waals surface area contributed by atoms with Gasteiger partial charge >= 0.3 is 6.18 Å². The van der Waals surface area contributed by atoms with Gasteiger partial charge in [-0.2, -0.15) is 13.2 Å². The summed E-state index contributed by atoms with van der Waals surface area (Å²) in [5.74, 6) is 0.221. The SMILES string of the molecule is CC[C@H](O)C(=O)NC1CCN(c2cnc(-c3ccc(C(F)(F)F)cc3)c(-c3ccncc3Cl)n2)CC1. The summed E-state index contributed by atoms with van der Waals surface area (Å²) < 4.78 is 39.1. The molecule has 1 fully saturated rings. The number of benzene rings is 1. The van der Waals surface area contributed by atoms with E-state index < -0.39 is 17.8 Å². The van der Waals surface area contributed by atoms with Crippen LogP contribution in [-0.2, 0) is 11.0 Å². The summed E-state index contributed by atoms with van der Waals surface area (Å²) in [6, 6.07) is 6.39. The third-order valence-corrected chi connectivity index (χ3v) is 6.43. The van der Waals surface area contributed by atoms with Gasteiger partial charge in [-0.05, 0) is 37.5 Å². The molecular formula is C25H25ClF3N5O2. The van der Waals surface area contributed by atoms with Gasteiger partial charge in [0.1, 0.15) is 17.6 Å². The van der Waals surface area contributed by atoms with Crippen LogP contribution in [0.2, 0.25) is 5.02 Å². The van der Waals surface area contributed by atoms with Crippen LogP contribution in [0.25, 0.3) is 22.5 Å². The Bertz CT molecular complexity index is 1220. The fourth-order valence-corrected chi connectivity index (χ4v) is 4.26. The Morgan fingerprint density at radius 1 is 1.17 bits per heavy atom. The van der Waals surface area contributed by atoms with Crippen molar-refractivity contribution in [3.05, 3.63) is 59.5 Å². The molecule has 190 valence electrons. The molecule has 3 aromatic rings. The van der Waals surface area contributed by atoms with E-state index in [9.17, 15) is 23.1 Å². The molecule has 36 heavy (non-hydrogen) atoms. The van der Waals surface area contributed by atoms with Crippen LogP contribution in [0.4, 0.5) is 19.0 Å². The van der Waals surface area contributed by atoms with Crippen LogP contribution in [0.15, 0.2) is 48.9 Å². The number of nitrogens with one attached hydrogen (secondary N) is 1. The van der Waals surface area contributed by atoms with Gasteiger partial charge in [0, 0.05) is 42.7 Å². The summed E-state index contributed by atoms with van der Waals surface area (Å²) in [4.78, 5) is 27.4. The zero-order chi connectivity index (χ0) is 25.9. The number of carbonyl (C=O) groups excluding carboxylic acids is 1. The number of anilines is 1. The molecular weight excluding hydrogens is 495 g/mol. The van der Waals surface area contributed by atoms with E-state index in [0.717, 1.165) is 12.1 Å². The molecule has 0 radical (unpaired) electrons. The van der Waals surface area contributed by atoms with Crippen LogP contribution in [0.1, 0.15) is 31.7 Å². The molecule has 0 spiro atoms. The number of pyridine rings is 1. The van der Waals surface area contributed by atoms with Gasteiger partial charge in [-0.1, -0.05) is 30.7 Å². The number of aromatic nitrogens is 3. The van der Waals surface area contributed by atoms with Crippen LogP contribution in [-0.4, -0.2) is 51.2 Å². The van der Waals surface area contributed by atoms with Crippen molar-refractivity contribution < 1.29 is 23.1 Å². The smallest absolute Gasteiger partial charge is 0.383 e. The molecule has 0 unspecified atom stereocenters. The molecule has 0 saturated carbocycles. The van der Waals surface area contributed by atoms with Crippen molar-refractivity contribution in [3.63, 3.8) is 0 Å². The second-order valence-electron chi connectivity index (χ2n) is 8.55. The van der Waals surface area contributed by atoms with Gasteiger partial charge in [-0.15, -0.1) is 0 Å². The summed E-state index contributed by atoms with van der Waals surface area (Å²) in [5.41, 5.74) is 1.12. The maximum absolute atomic E-state index is 13.0. The number of aliphatic hydroxyl groups is 1. The van der Waals surface area contributed by atoms with Crippen molar-refractivity contribution in [2.75, 3.05) is 18.0 Å². The number of halogens is 4. The Kier molecular flexibility index (Phi) is 7.75. The molecule has 1 atom stereocenters. The second kappa shape index (κ2) is 10.8. The maximum atomic E-state index is 13.0. The van der Waals surface area contributed by atoms with E-state index in [4.69, 9.17) is 16.6 Å². The van der Waals surface area contributed by atoms with Crippen molar-refractivity contribution in [2.24, 2.45) is 0 Å². The van der Waals surface area contributed by atoms with Gasteiger partial charge in [-0.25, -0.2) is 4.98 Å². The van der Waals surface area contributed by atoms with Gasteiger partial charge in [0.25, 0.3) is 0 Å². The molecule has 0 bridgehead atoms. The number of hydrogen-bond donors (Lipinski definition) is 2. The number of amides is 1. The Labute approximate surface area is 211 Å². The lowest BCUT2D eigenvalue weighted by Crippen LogP contribution is -2.47. The minimum Gasteiger partial charge on any atom is -0.383 e. The Morgan fingerprint density at radius 3 is 2.47 bits per heavy atom. The van der Waals surface area contributed by atoms with Crippen molar-refractivity contribution >= 4 is 23.3 Å². The van der Waals surface area contributed by atoms with Gasteiger partial charge in [0.2, 0.25) is 5.91 Å². The van der Waals surface area contributed by atoms with Crippen molar-refractivity contribution in [2.45, 2.75) is 44.5 Å². The molecule has 2 aromatic heterocycles. The molecule has 1 aromatic carbocycles. The van der Waals surface area contributed by atoms with Gasteiger partial charge in [0.15, 0.2) is 0 Å². The highest BCUT2D eigenvalue weighted by Crippen LogP contribution is 2.36. The number of rotatable bonds is 6. The molecule has 4 rings (SSSR count). The first-order valence-corrected chi connectivity index (χ1v) is 11.9. The number of hydrogen-bond acceptors (Lipinski definition) is 6. The lowest BCUT2D eigenvalue weighted by atomic mass is 10.0. The normalized spacial score (nSPS) is 15.6. The molecule has 7 nitrogen and oxygen atoms in total. The van der Waals surface area contributed by atoms with Crippen molar-refractivity contribution in [1.29, 1.82) is 0 Å². The van der Waals surface area contributed by atoms with E-state index in [1.54, 1.807) is 25.4 Å². The van der Waals surface area contributed by atoms with E-state index in [1.165, 1.54) is 18.3 Å². The minimum absolute atomic E-state index is 0.0524. The van der Waals surface area contributed by atoms with Crippen molar-refractivity contribution in [1.82, 2.24) is 20.3 Å². The van der Waals surface area contributed by atoms with Gasteiger partial charge in [0.05, 0.1) is 22.5 Å². The lowest BCUT2D eigenvalue weighted by molar-refractivity contribution is -0.137.